The predicted octanol–water partition coefficient (Wildman–Crippen LogP) is 2.85. The van der Waals surface area contributed by atoms with E-state index in [1.165, 1.54) is 0 Å². The minimum atomic E-state index is 0.0233. The van der Waals surface area contributed by atoms with Crippen LogP contribution in [0, 0.1) is 0 Å². The van der Waals surface area contributed by atoms with Crippen LogP contribution in [0.1, 0.15) is 45.9 Å². The van der Waals surface area contributed by atoms with E-state index in [1.807, 2.05) is 11.8 Å². The molecule has 1 unspecified atom stereocenters. The van der Waals surface area contributed by atoms with E-state index < -0.39 is 0 Å². The van der Waals surface area contributed by atoms with Gasteiger partial charge in [-0.2, -0.15) is 0 Å². The first-order chi connectivity index (χ1) is 11.6. The molecular weight excluding hydrogens is 308 g/mol. The van der Waals surface area contributed by atoms with Crippen molar-refractivity contribution in [3.05, 3.63) is 24.3 Å². The van der Waals surface area contributed by atoms with E-state index in [4.69, 9.17) is 8.83 Å². The number of furan rings is 1. The van der Waals surface area contributed by atoms with Crippen molar-refractivity contribution in [2.75, 3.05) is 13.1 Å². The number of carbonyl (C=O) groups excluding carboxylic acids is 1. The predicted molar refractivity (Wildman–Crippen MR) is 90.1 cm³/mol. The number of amides is 1. The second-order valence-corrected chi connectivity index (χ2v) is 5.95. The van der Waals surface area contributed by atoms with Crippen molar-refractivity contribution in [3.8, 4) is 11.7 Å². The van der Waals surface area contributed by atoms with Gasteiger partial charge in [0.2, 0.25) is 11.8 Å². The first-order valence-electron chi connectivity index (χ1n) is 8.50. The zero-order valence-corrected chi connectivity index (χ0v) is 14.6. The molecule has 2 aromatic rings. The van der Waals surface area contributed by atoms with E-state index in [-0.39, 0.29) is 11.9 Å². The van der Waals surface area contributed by atoms with Crippen molar-refractivity contribution < 1.29 is 13.6 Å². The fourth-order valence-electron chi connectivity index (χ4n) is 2.57. The monoisotopic (exact) mass is 334 g/mol. The largest absolute Gasteiger partial charge is 0.459 e. The maximum atomic E-state index is 12.2. The molecule has 2 aromatic heterocycles. The van der Waals surface area contributed by atoms with Gasteiger partial charge in [-0.05, 0) is 38.4 Å². The van der Waals surface area contributed by atoms with E-state index in [0.717, 1.165) is 25.8 Å². The molecule has 0 aliphatic heterocycles. The minimum absolute atomic E-state index is 0.0233. The summed E-state index contributed by atoms with van der Waals surface area (Å²) in [6.45, 7) is 7.76. The minimum Gasteiger partial charge on any atom is -0.459 e. The maximum Gasteiger partial charge on any atom is 0.283 e. The number of hydrogen-bond acceptors (Lipinski definition) is 6. The highest BCUT2D eigenvalue weighted by atomic mass is 16.4. The molecule has 7 nitrogen and oxygen atoms in total. The molecule has 1 atom stereocenters. The number of aromatic nitrogens is 2. The highest BCUT2D eigenvalue weighted by Crippen LogP contribution is 2.18. The summed E-state index contributed by atoms with van der Waals surface area (Å²) in [6.07, 6.45) is 4.54. The summed E-state index contributed by atoms with van der Waals surface area (Å²) in [5, 5.41) is 11.0. The molecular formula is C17H26N4O3. The SMILES string of the molecule is CCCC(C)NC(=O)CN(CCC)Cc1nnc(-c2ccco2)o1. The van der Waals surface area contributed by atoms with Gasteiger partial charge in [-0.3, -0.25) is 9.69 Å². The molecule has 132 valence electrons. The Morgan fingerprint density at radius 3 is 2.83 bits per heavy atom. The number of nitrogens with zero attached hydrogens (tertiary/aromatic N) is 3. The lowest BCUT2D eigenvalue weighted by molar-refractivity contribution is -0.123. The summed E-state index contributed by atoms with van der Waals surface area (Å²) >= 11 is 0. The van der Waals surface area contributed by atoms with Crippen molar-refractivity contribution in [2.24, 2.45) is 0 Å². The van der Waals surface area contributed by atoms with E-state index in [2.05, 4.69) is 29.4 Å². The molecule has 1 N–H and O–H groups in total. The van der Waals surface area contributed by atoms with Crippen LogP contribution >= 0.6 is 0 Å². The van der Waals surface area contributed by atoms with Gasteiger partial charge in [-0.15, -0.1) is 10.2 Å². The van der Waals surface area contributed by atoms with Gasteiger partial charge in [-0.1, -0.05) is 20.3 Å². The molecule has 2 heterocycles. The van der Waals surface area contributed by atoms with Crippen molar-refractivity contribution in [2.45, 2.75) is 52.6 Å². The summed E-state index contributed by atoms with van der Waals surface area (Å²) in [5.41, 5.74) is 0. The van der Waals surface area contributed by atoms with E-state index in [1.54, 1.807) is 18.4 Å². The van der Waals surface area contributed by atoms with Gasteiger partial charge in [0, 0.05) is 6.04 Å². The molecule has 0 spiro atoms. The Morgan fingerprint density at radius 2 is 2.17 bits per heavy atom. The maximum absolute atomic E-state index is 12.2. The molecule has 7 heteroatoms. The number of hydrogen-bond donors (Lipinski definition) is 1. The zero-order valence-electron chi connectivity index (χ0n) is 14.6. The Kier molecular flexibility index (Phi) is 6.99. The van der Waals surface area contributed by atoms with Crippen LogP contribution < -0.4 is 5.32 Å². The fraction of sp³-hybridized carbons (Fsp3) is 0.588. The van der Waals surface area contributed by atoms with Gasteiger partial charge in [0.15, 0.2) is 5.76 Å². The Bertz CT molecular complexity index is 609. The zero-order chi connectivity index (χ0) is 17.4. The Hall–Kier alpha value is -2.15. The molecule has 0 aliphatic carbocycles. The Labute approximate surface area is 142 Å². The molecule has 0 fully saturated rings. The van der Waals surface area contributed by atoms with Crippen LogP contribution in [-0.2, 0) is 11.3 Å². The van der Waals surface area contributed by atoms with E-state index in [0.29, 0.717) is 30.6 Å². The summed E-state index contributed by atoms with van der Waals surface area (Å²) in [7, 11) is 0. The lowest BCUT2D eigenvalue weighted by atomic mass is 10.2. The van der Waals surface area contributed by atoms with Crippen LogP contribution in [0.15, 0.2) is 27.2 Å². The van der Waals surface area contributed by atoms with Crippen molar-refractivity contribution in [1.29, 1.82) is 0 Å². The van der Waals surface area contributed by atoms with Crippen LogP contribution in [-0.4, -0.2) is 40.1 Å². The van der Waals surface area contributed by atoms with Gasteiger partial charge in [0.25, 0.3) is 5.89 Å². The van der Waals surface area contributed by atoms with Crippen LogP contribution in [0.5, 0.6) is 0 Å². The van der Waals surface area contributed by atoms with Crippen LogP contribution in [0.3, 0.4) is 0 Å². The van der Waals surface area contributed by atoms with Gasteiger partial charge in [0.05, 0.1) is 19.4 Å². The molecule has 2 rings (SSSR count). The van der Waals surface area contributed by atoms with Gasteiger partial charge in [0.1, 0.15) is 0 Å². The summed E-state index contributed by atoms with van der Waals surface area (Å²) in [4.78, 5) is 14.2. The number of nitrogens with one attached hydrogen (secondary N) is 1. The smallest absolute Gasteiger partial charge is 0.283 e. The normalized spacial score (nSPS) is 12.5. The molecule has 0 aromatic carbocycles. The van der Waals surface area contributed by atoms with Crippen molar-refractivity contribution >= 4 is 5.91 Å². The summed E-state index contributed by atoms with van der Waals surface area (Å²) in [6, 6.07) is 3.73. The summed E-state index contributed by atoms with van der Waals surface area (Å²) in [5.74, 6) is 1.40. The first-order valence-corrected chi connectivity index (χ1v) is 8.50. The fourth-order valence-corrected chi connectivity index (χ4v) is 2.57. The van der Waals surface area contributed by atoms with Gasteiger partial charge < -0.3 is 14.2 Å². The molecule has 0 saturated carbocycles. The van der Waals surface area contributed by atoms with Crippen molar-refractivity contribution in [1.82, 2.24) is 20.4 Å². The lowest BCUT2D eigenvalue weighted by Gasteiger charge is -2.20. The van der Waals surface area contributed by atoms with Gasteiger partial charge in [-0.25, -0.2) is 0 Å². The molecule has 0 radical (unpaired) electrons. The van der Waals surface area contributed by atoms with Crippen molar-refractivity contribution in [3.63, 3.8) is 0 Å². The molecule has 24 heavy (non-hydrogen) atoms. The molecule has 0 aliphatic rings. The third-order valence-corrected chi connectivity index (χ3v) is 3.59. The molecule has 0 bridgehead atoms. The number of carbonyl (C=O) groups is 1. The Balaban J connectivity index is 1.92. The highest BCUT2D eigenvalue weighted by Gasteiger charge is 2.17. The lowest BCUT2D eigenvalue weighted by Crippen LogP contribution is -2.41. The third-order valence-electron chi connectivity index (χ3n) is 3.59. The first kappa shape index (κ1) is 18.2. The standard InChI is InChI=1S/C17H26N4O3/c1-4-7-13(3)18-15(22)11-21(9-5-2)12-16-19-20-17(24-16)14-8-6-10-23-14/h6,8,10,13H,4-5,7,9,11-12H2,1-3H3,(H,18,22). The highest BCUT2D eigenvalue weighted by molar-refractivity contribution is 5.78. The average Bonchev–Trinajstić information content (AvgIpc) is 3.18. The second kappa shape index (κ2) is 9.22. The Morgan fingerprint density at radius 1 is 1.33 bits per heavy atom. The molecule has 1 amide bonds. The molecule has 0 saturated heterocycles. The van der Waals surface area contributed by atoms with Gasteiger partial charge >= 0.3 is 0 Å². The van der Waals surface area contributed by atoms with E-state index in [9.17, 15) is 4.79 Å². The summed E-state index contributed by atoms with van der Waals surface area (Å²) < 4.78 is 10.9. The van der Waals surface area contributed by atoms with E-state index >= 15 is 0 Å². The quantitative estimate of drug-likeness (QED) is 0.719. The topological polar surface area (TPSA) is 84.4 Å². The second-order valence-electron chi connectivity index (χ2n) is 5.95. The number of rotatable bonds is 10. The van der Waals surface area contributed by atoms with Crippen LogP contribution in [0.2, 0.25) is 0 Å². The third kappa shape index (κ3) is 5.49. The van der Waals surface area contributed by atoms with Crippen LogP contribution in [0.25, 0.3) is 11.7 Å². The van der Waals surface area contributed by atoms with Crippen LogP contribution in [0.4, 0.5) is 0 Å². The average molecular weight is 334 g/mol.